The summed E-state index contributed by atoms with van der Waals surface area (Å²) in [5.74, 6) is 0.272. The molecule has 0 unspecified atom stereocenters. The van der Waals surface area contributed by atoms with Crippen LogP contribution in [0, 0.1) is 10.1 Å². The number of hydrogen-bond acceptors (Lipinski definition) is 9. The molecule has 2 aliphatic rings. The van der Waals surface area contributed by atoms with Gasteiger partial charge in [0.2, 0.25) is 0 Å². The molecule has 6 rings (SSSR count). The van der Waals surface area contributed by atoms with Crippen molar-refractivity contribution in [3.05, 3.63) is 81.9 Å². The maximum Gasteiger partial charge on any atom is 0.573 e. The summed E-state index contributed by atoms with van der Waals surface area (Å²) >= 11 is 1.64. The van der Waals surface area contributed by atoms with E-state index in [4.69, 9.17) is 9.47 Å². The van der Waals surface area contributed by atoms with Gasteiger partial charge in [-0.15, -0.1) is 24.5 Å². The highest BCUT2D eigenvalue weighted by Gasteiger charge is 2.31. The second-order valence-electron chi connectivity index (χ2n) is 10.3. The van der Waals surface area contributed by atoms with E-state index >= 15 is 0 Å². The zero-order valence-corrected chi connectivity index (χ0v) is 23.7. The number of imidazole rings is 1. The summed E-state index contributed by atoms with van der Waals surface area (Å²) in [5.41, 5.74) is 1.97. The highest BCUT2D eigenvalue weighted by Crippen LogP contribution is 2.32. The fourth-order valence-electron chi connectivity index (χ4n) is 5.10. The van der Waals surface area contributed by atoms with Gasteiger partial charge in [0.1, 0.15) is 30.4 Å². The van der Waals surface area contributed by atoms with Gasteiger partial charge in [0.05, 0.1) is 0 Å². The van der Waals surface area contributed by atoms with Crippen LogP contribution in [0.1, 0.15) is 11.3 Å². The Morgan fingerprint density at radius 2 is 1.70 bits per heavy atom. The number of benzene rings is 2. The first-order valence-corrected chi connectivity index (χ1v) is 14.5. The number of alkyl halides is 3. The lowest BCUT2D eigenvalue weighted by molar-refractivity contribution is -0.389. The minimum atomic E-state index is -4.70. The van der Waals surface area contributed by atoms with Gasteiger partial charge in [0, 0.05) is 66.1 Å². The number of anilines is 1. The molecule has 0 saturated carbocycles. The molecule has 226 valence electrons. The molecular weight excluding hydrogens is 587 g/mol. The van der Waals surface area contributed by atoms with Crippen LogP contribution < -0.4 is 19.1 Å². The number of halogens is 3. The quantitative estimate of drug-likeness (QED) is 0.168. The fraction of sp³-hybridized carbons (Fsp3) is 0.345. The van der Waals surface area contributed by atoms with Crippen LogP contribution in [0.5, 0.6) is 17.5 Å². The first-order valence-electron chi connectivity index (χ1n) is 13.7. The Labute approximate surface area is 249 Å². The van der Waals surface area contributed by atoms with Crippen molar-refractivity contribution < 1.29 is 32.3 Å². The van der Waals surface area contributed by atoms with E-state index in [-0.39, 0.29) is 23.7 Å². The van der Waals surface area contributed by atoms with Gasteiger partial charge in [-0.1, -0.05) is 0 Å². The number of thiophene rings is 1. The Hall–Kier alpha value is -4.30. The van der Waals surface area contributed by atoms with Gasteiger partial charge in [0.25, 0.3) is 0 Å². The van der Waals surface area contributed by atoms with E-state index in [9.17, 15) is 23.3 Å². The van der Waals surface area contributed by atoms with E-state index in [2.05, 4.69) is 25.6 Å². The maximum absolute atomic E-state index is 12.4. The summed E-state index contributed by atoms with van der Waals surface area (Å²) < 4.78 is 54.5. The molecule has 4 aromatic rings. The maximum atomic E-state index is 12.4. The Morgan fingerprint density at radius 3 is 2.40 bits per heavy atom. The summed E-state index contributed by atoms with van der Waals surface area (Å²) in [7, 11) is 0. The minimum Gasteiger partial charge on any atom is -0.490 e. The fourth-order valence-corrected chi connectivity index (χ4v) is 6.16. The van der Waals surface area contributed by atoms with Crippen molar-refractivity contribution in [2.75, 3.05) is 37.7 Å². The number of nitro groups is 1. The molecule has 0 N–H and O–H groups in total. The van der Waals surface area contributed by atoms with Gasteiger partial charge < -0.3 is 29.2 Å². The van der Waals surface area contributed by atoms with Crippen molar-refractivity contribution in [2.24, 2.45) is 0 Å². The number of ether oxygens (including phenoxy) is 3. The predicted molar refractivity (Wildman–Crippen MR) is 154 cm³/mol. The van der Waals surface area contributed by atoms with Crippen molar-refractivity contribution in [1.82, 2.24) is 14.5 Å². The number of aryl methyl sites for hydroxylation is 1. The second-order valence-corrected chi connectivity index (χ2v) is 11.4. The van der Waals surface area contributed by atoms with E-state index in [1.807, 2.05) is 30.3 Å². The van der Waals surface area contributed by atoms with Gasteiger partial charge in [-0.2, -0.15) is 0 Å². The molecule has 43 heavy (non-hydrogen) atoms. The van der Waals surface area contributed by atoms with Crippen LogP contribution in [-0.4, -0.2) is 64.6 Å². The smallest absolute Gasteiger partial charge is 0.490 e. The summed E-state index contributed by atoms with van der Waals surface area (Å²) in [5, 5.41) is 10.9. The Morgan fingerprint density at radius 1 is 0.977 bits per heavy atom. The number of nitrogens with zero attached hydrogens (tertiary/aromatic N) is 5. The minimum absolute atomic E-state index is 0.223. The molecule has 2 aliphatic heterocycles. The van der Waals surface area contributed by atoms with Gasteiger partial charge in [-0.3, -0.25) is 9.47 Å². The van der Waals surface area contributed by atoms with Crippen LogP contribution in [0.3, 0.4) is 0 Å². The normalized spacial score (nSPS) is 17.3. The van der Waals surface area contributed by atoms with Gasteiger partial charge in [-0.25, -0.2) is 0 Å². The lowest BCUT2D eigenvalue weighted by Crippen LogP contribution is -2.45. The largest absolute Gasteiger partial charge is 0.573 e. The Balaban J connectivity index is 0.950. The first kappa shape index (κ1) is 28.8. The van der Waals surface area contributed by atoms with E-state index in [0.717, 1.165) is 54.6 Å². The summed E-state index contributed by atoms with van der Waals surface area (Å²) in [6, 6.07) is 18.2. The van der Waals surface area contributed by atoms with Crippen LogP contribution >= 0.6 is 11.3 Å². The third-order valence-electron chi connectivity index (χ3n) is 7.30. The van der Waals surface area contributed by atoms with Gasteiger partial charge in [-0.05, 0) is 71.2 Å². The highest BCUT2D eigenvalue weighted by molar-refractivity contribution is 7.15. The summed E-state index contributed by atoms with van der Waals surface area (Å²) in [6.07, 6.45) is -2.88. The van der Waals surface area contributed by atoms with E-state index in [1.54, 1.807) is 28.0 Å². The average Bonchev–Trinajstić information content (AvgIpc) is 3.64. The third kappa shape index (κ3) is 7.20. The molecule has 0 aliphatic carbocycles. The van der Waals surface area contributed by atoms with Crippen molar-refractivity contribution in [3.63, 3.8) is 0 Å². The second kappa shape index (κ2) is 12.1. The molecule has 1 saturated heterocycles. The molecule has 1 atom stereocenters. The van der Waals surface area contributed by atoms with Crippen LogP contribution in [-0.2, 0) is 13.1 Å². The molecule has 0 amide bonds. The molecule has 0 bridgehead atoms. The summed E-state index contributed by atoms with van der Waals surface area (Å²) in [6.45, 7) is 5.30. The SMILES string of the molecule is O=[N+]([O-])c1cn2c(n1)O[C@@H](COc1ccc(N3CCN(Cc4ccc(-c5ccc(OC(F)(F)F)cc5)s4)CC3)cc1)CC2. The third-order valence-corrected chi connectivity index (χ3v) is 8.42. The number of fused-ring (bicyclic) bond motifs is 1. The molecular formula is C29H28F3N5O5S. The standard InChI is InChI=1S/C29H28F3N5O5S/c30-29(31,32)42-23-5-1-20(2-6-23)26-10-9-25(43-26)17-34-13-15-35(16-14-34)21-3-7-22(8-4-21)40-19-24-11-12-36-18-27(37(38)39)33-28(36)41-24/h1-10,18,24H,11-17,19H2/t24-/m1/s1. The van der Waals surface area contributed by atoms with Crippen molar-refractivity contribution in [1.29, 1.82) is 0 Å². The number of piperazine rings is 1. The molecule has 2 aromatic heterocycles. The van der Waals surface area contributed by atoms with Crippen molar-refractivity contribution in [2.45, 2.75) is 32.0 Å². The number of hydrogen-bond donors (Lipinski definition) is 0. The Bertz CT molecular complexity index is 1550. The lowest BCUT2D eigenvalue weighted by Gasteiger charge is -2.36. The Kier molecular flexibility index (Phi) is 8.13. The number of rotatable bonds is 9. The van der Waals surface area contributed by atoms with Crippen LogP contribution in [0.4, 0.5) is 24.7 Å². The monoisotopic (exact) mass is 615 g/mol. The first-order chi connectivity index (χ1) is 20.7. The molecule has 2 aromatic carbocycles. The predicted octanol–water partition coefficient (Wildman–Crippen LogP) is 5.97. The molecule has 4 heterocycles. The lowest BCUT2D eigenvalue weighted by atomic mass is 10.2. The van der Waals surface area contributed by atoms with E-state index in [0.29, 0.717) is 19.6 Å². The van der Waals surface area contributed by atoms with Crippen LogP contribution in [0.2, 0.25) is 0 Å². The molecule has 0 spiro atoms. The van der Waals surface area contributed by atoms with Crippen LogP contribution in [0.15, 0.2) is 66.9 Å². The van der Waals surface area contributed by atoms with Gasteiger partial charge >= 0.3 is 18.2 Å². The molecule has 10 nitrogen and oxygen atoms in total. The van der Waals surface area contributed by atoms with E-state index in [1.165, 1.54) is 23.2 Å². The van der Waals surface area contributed by atoms with Crippen molar-refractivity contribution in [3.8, 4) is 28.0 Å². The molecule has 0 radical (unpaired) electrons. The highest BCUT2D eigenvalue weighted by atomic mass is 32.1. The molecule has 14 heteroatoms. The molecule has 1 fully saturated rings. The topological polar surface area (TPSA) is 95.1 Å². The average molecular weight is 616 g/mol. The van der Waals surface area contributed by atoms with Gasteiger partial charge in [0.15, 0.2) is 0 Å². The zero-order chi connectivity index (χ0) is 30.0. The van der Waals surface area contributed by atoms with Crippen LogP contribution in [0.25, 0.3) is 10.4 Å². The zero-order valence-electron chi connectivity index (χ0n) is 22.9. The van der Waals surface area contributed by atoms with Crippen molar-refractivity contribution >= 4 is 22.8 Å². The van der Waals surface area contributed by atoms with E-state index < -0.39 is 11.3 Å². The summed E-state index contributed by atoms with van der Waals surface area (Å²) in [4.78, 5) is 21.3. The number of aromatic nitrogens is 2.